The average molecular weight is 407 g/mol. The molecule has 0 fully saturated rings. The van der Waals surface area contributed by atoms with Crippen molar-refractivity contribution in [3.8, 4) is 5.75 Å². The molecule has 0 saturated carbocycles. The summed E-state index contributed by atoms with van der Waals surface area (Å²) in [6.45, 7) is 1.90. The second-order valence-electron chi connectivity index (χ2n) is 5.33. The van der Waals surface area contributed by atoms with Gasteiger partial charge in [-0.1, -0.05) is 18.2 Å². The third-order valence-electron chi connectivity index (χ3n) is 3.31. The number of ketones is 1. The number of hydrogen-bond acceptors (Lipinski definition) is 3. The first-order valence-electron chi connectivity index (χ1n) is 6.87. The van der Waals surface area contributed by atoms with Crippen LogP contribution < -0.4 is 4.90 Å². The number of aromatic hydroxyl groups is 1. The molecule has 0 aromatic heterocycles. The van der Waals surface area contributed by atoms with Crippen LogP contribution in [0.5, 0.6) is 5.75 Å². The first kappa shape index (κ1) is 16.5. The van der Waals surface area contributed by atoms with Crippen molar-refractivity contribution in [3.63, 3.8) is 0 Å². The number of carbonyl (C=O) groups is 1. The van der Waals surface area contributed by atoms with Crippen LogP contribution in [-0.4, -0.2) is 25.0 Å². The van der Waals surface area contributed by atoms with E-state index in [2.05, 4.69) is 0 Å². The number of anilines is 1. The molecule has 1 N–H and O–H groups in total. The molecule has 0 unspecified atom stereocenters. The fourth-order valence-electron chi connectivity index (χ4n) is 2.07. The topological polar surface area (TPSA) is 40.5 Å². The maximum absolute atomic E-state index is 12.3. The summed E-state index contributed by atoms with van der Waals surface area (Å²) >= 11 is 2.03. The maximum atomic E-state index is 12.3. The van der Waals surface area contributed by atoms with Crippen LogP contribution in [0.2, 0.25) is 0 Å². The number of halogens is 1. The molecule has 0 heterocycles. The summed E-state index contributed by atoms with van der Waals surface area (Å²) < 4.78 is 0.685. The molecule has 2 aromatic carbocycles. The molecule has 22 heavy (non-hydrogen) atoms. The molecule has 0 saturated heterocycles. The van der Waals surface area contributed by atoms with E-state index in [1.54, 1.807) is 12.1 Å². The Kier molecular flexibility index (Phi) is 5.24. The summed E-state index contributed by atoms with van der Waals surface area (Å²) in [6, 6.07) is 11.5. The largest absolute Gasteiger partial charge is 0.506 e. The highest BCUT2D eigenvalue weighted by Crippen LogP contribution is 2.26. The number of carbonyl (C=O) groups excluding carboxylic acids is 1. The lowest BCUT2D eigenvalue weighted by Crippen LogP contribution is -2.07. The Hall–Kier alpha value is -1.82. The lowest BCUT2D eigenvalue weighted by molar-refractivity contribution is 0.104. The van der Waals surface area contributed by atoms with Gasteiger partial charge in [0.25, 0.3) is 0 Å². The van der Waals surface area contributed by atoms with Crippen molar-refractivity contribution in [1.82, 2.24) is 0 Å². The fourth-order valence-corrected chi connectivity index (χ4v) is 2.85. The summed E-state index contributed by atoms with van der Waals surface area (Å²) in [5, 5.41) is 10.0. The molecule has 0 radical (unpaired) electrons. The molecule has 0 spiro atoms. The lowest BCUT2D eigenvalue weighted by Gasteiger charge is -2.11. The number of nitrogens with zero attached hydrogens (tertiary/aromatic N) is 1. The zero-order valence-electron chi connectivity index (χ0n) is 12.8. The van der Waals surface area contributed by atoms with Gasteiger partial charge in [0, 0.05) is 19.8 Å². The highest BCUT2D eigenvalue weighted by molar-refractivity contribution is 14.1. The van der Waals surface area contributed by atoms with Crippen LogP contribution in [0.15, 0.2) is 42.5 Å². The summed E-state index contributed by atoms with van der Waals surface area (Å²) in [6.07, 6.45) is 3.26. The number of hydrogen-bond donors (Lipinski definition) is 1. The minimum atomic E-state index is -0.198. The van der Waals surface area contributed by atoms with Crippen molar-refractivity contribution in [2.45, 2.75) is 6.92 Å². The maximum Gasteiger partial charge on any atom is 0.189 e. The Balaban J connectivity index is 2.21. The summed E-state index contributed by atoms with van der Waals surface area (Å²) in [5.41, 5.74) is 3.34. The first-order valence-corrected chi connectivity index (χ1v) is 7.95. The van der Waals surface area contributed by atoms with Gasteiger partial charge in [-0.3, -0.25) is 4.79 Å². The number of phenols is 1. The molecule has 0 aliphatic heterocycles. The highest BCUT2D eigenvalue weighted by Gasteiger charge is 2.12. The van der Waals surface area contributed by atoms with Crippen molar-refractivity contribution in [1.29, 1.82) is 0 Å². The average Bonchev–Trinajstić information content (AvgIpc) is 2.48. The van der Waals surface area contributed by atoms with Crippen LogP contribution in [-0.2, 0) is 0 Å². The number of phenolic OH excluding ortho intramolecular Hbond substituents is 1. The summed E-state index contributed by atoms with van der Waals surface area (Å²) in [5.74, 6) is -0.153. The molecule has 2 rings (SSSR count). The fraction of sp³-hybridized carbons (Fsp3) is 0.167. The smallest absolute Gasteiger partial charge is 0.189 e. The minimum absolute atomic E-state index is 0.0452. The van der Waals surface area contributed by atoms with Crippen molar-refractivity contribution < 1.29 is 9.90 Å². The molecule has 0 amide bonds. The van der Waals surface area contributed by atoms with Gasteiger partial charge in [-0.25, -0.2) is 0 Å². The Morgan fingerprint density at radius 1 is 1.18 bits per heavy atom. The van der Waals surface area contributed by atoms with Gasteiger partial charge in [-0.15, -0.1) is 0 Å². The molecule has 0 aliphatic carbocycles. The third-order valence-corrected chi connectivity index (χ3v) is 4.13. The second-order valence-corrected chi connectivity index (χ2v) is 6.49. The van der Waals surface area contributed by atoms with Gasteiger partial charge in [0.1, 0.15) is 5.75 Å². The Morgan fingerprint density at radius 2 is 1.82 bits per heavy atom. The van der Waals surface area contributed by atoms with Crippen LogP contribution >= 0.6 is 22.6 Å². The Morgan fingerprint density at radius 3 is 2.41 bits per heavy atom. The lowest BCUT2D eigenvalue weighted by atomic mass is 10.1. The molecule has 114 valence electrons. The van der Waals surface area contributed by atoms with Crippen LogP contribution in [0.1, 0.15) is 21.5 Å². The Labute approximate surface area is 144 Å². The number of rotatable bonds is 4. The monoisotopic (exact) mass is 407 g/mol. The molecule has 0 bridgehead atoms. The van der Waals surface area contributed by atoms with Gasteiger partial charge in [0.15, 0.2) is 5.78 Å². The van der Waals surface area contributed by atoms with Gasteiger partial charge >= 0.3 is 0 Å². The molecule has 4 heteroatoms. The highest BCUT2D eigenvalue weighted by atomic mass is 127. The van der Waals surface area contributed by atoms with Gasteiger partial charge in [0.05, 0.1) is 9.13 Å². The second kappa shape index (κ2) is 6.96. The first-order chi connectivity index (χ1) is 10.4. The standard InChI is InChI=1S/C18H18INO2/c1-12-10-15(18(22)16(19)11-12)17(21)9-6-13-4-7-14(8-5-13)20(2)3/h4-11,22H,1-3H3/b9-6+. The van der Waals surface area contributed by atoms with E-state index < -0.39 is 0 Å². The predicted octanol–water partition coefficient (Wildman–Crippen LogP) is 4.27. The third kappa shape index (κ3) is 3.88. The van der Waals surface area contributed by atoms with E-state index in [0.717, 1.165) is 16.8 Å². The van der Waals surface area contributed by atoms with Crippen molar-refractivity contribution in [2.24, 2.45) is 0 Å². The van der Waals surface area contributed by atoms with E-state index >= 15 is 0 Å². The summed E-state index contributed by atoms with van der Waals surface area (Å²) in [4.78, 5) is 14.3. The van der Waals surface area contributed by atoms with Crippen molar-refractivity contribution in [3.05, 3.63) is 62.7 Å². The molecule has 0 atom stereocenters. The van der Waals surface area contributed by atoms with E-state index in [-0.39, 0.29) is 11.5 Å². The van der Waals surface area contributed by atoms with Crippen LogP contribution in [0.3, 0.4) is 0 Å². The van der Waals surface area contributed by atoms with Crippen LogP contribution in [0.4, 0.5) is 5.69 Å². The zero-order chi connectivity index (χ0) is 16.3. The van der Waals surface area contributed by atoms with Crippen LogP contribution in [0.25, 0.3) is 6.08 Å². The number of aryl methyl sites for hydroxylation is 1. The van der Waals surface area contributed by atoms with Gasteiger partial charge in [0.2, 0.25) is 0 Å². The molecular formula is C18H18INO2. The SMILES string of the molecule is Cc1cc(I)c(O)c(C(=O)/C=C/c2ccc(N(C)C)cc2)c1. The molecule has 3 nitrogen and oxygen atoms in total. The Bertz CT molecular complexity index is 719. The molecular weight excluding hydrogens is 389 g/mol. The van der Waals surface area contributed by atoms with Gasteiger partial charge in [-0.05, 0) is 71.0 Å². The van der Waals surface area contributed by atoms with E-state index in [1.165, 1.54) is 6.08 Å². The molecule has 0 aliphatic rings. The van der Waals surface area contributed by atoms with Gasteiger partial charge < -0.3 is 10.0 Å². The van der Waals surface area contributed by atoms with E-state index in [9.17, 15) is 9.90 Å². The number of benzene rings is 2. The van der Waals surface area contributed by atoms with E-state index in [1.807, 2.05) is 78.8 Å². The van der Waals surface area contributed by atoms with Crippen molar-refractivity contribution >= 4 is 40.1 Å². The van der Waals surface area contributed by atoms with E-state index in [4.69, 9.17) is 0 Å². The predicted molar refractivity (Wildman–Crippen MR) is 99.7 cm³/mol. The normalized spacial score (nSPS) is 10.9. The zero-order valence-corrected chi connectivity index (χ0v) is 15.0. The van der Waals surface area contributed by atoms with Crippen molar-refractivity contribution in [2.75, 3.05) is 19.0 Å². The summed E-state index contributed by atoms with van der Waals surface area (Å²) in [7, 11) is 3.97. The quantitative estimate of drug-likeness (QED) is 0.468. The van der Waals surface area contributed by atoms with E-state index in [0.29, 0.717) is 9.13 Å². The minimum Gasteiger partial charge on any atom is -0.506 e. The van der Waals surface area contributed by atoms with Crippen LogP contribution in [0, 0.1) is 10.5 Å². The molecule has 2 aromatic rings. The number of allylic oxidation sites excluding steroid dienone is 1. The van der Waals surface area contributed by atoms with Gasteiger partial charge in [-0.2, -0.15) is 0 Å².